The standard InChI is InChI=1S/C59H40N2/c1-37-15-6-11-24-51(37)59(52-25-12-9-20-45(52)46-21-10-13-26-53(46)59)54-35-42(28-27-38(54)2)39-29-31-41(32-30-39)57-58(40-16-4-3-5-17-40)61-55(36-60-57)47-33-34-50-44-19-8-7-18-43(44)48-22-14-23-49(47)56(48)50/h3-36H,1-2H3. The Bertz CT molecular complexity index is 3300. The second-order valence-corrected chi connectivity index (χ2v) is 16.5. The van der Waals surface area contributed by atoms with Gasteiger partial charge in [0.1, 0.15) is 0 Å². The van der Waals surface area contributed by atoms with Crippen molar-refractivity contribution in [1.29, 1.82) is 0 Å². The number of rotatable bonds is 6. The summed E-state index contributed by atoms with van der Waals surface area (Å²) < 4.78 is 0. The number of aromatic nitrogens is 2. The van der Waals surface area contributed by atoms with Gasteiger partial charge in [-0.2, -0.15) is 0 Å². The van der Waals surface area contributed by atoms with Gasteiger partial charge >= 0.3 is 0 Å². The van der Waals surface area contributed by atoms with E-state index in [1.807, 2.05) is 6.20 Å². The molecular weight excluding hydrogens is 737 g/mol. The Morgan fingerprint density at radius 3 is 1.57 bits per heavy atom. The van der Waals surface area contributed by atoms with Gasteiger partial charge in [-0.25, -0.2) is 4.98 Å². The summed E-state index contributed by atoms with van der Waals surface area (Å²) in [5.41, 5.74) is 23.2. The molecule has 0 atom stereocenters. The van der Waals surface area contributed by atoms with Gasteiger partial charge < -0.3 is 0 Å². The van der Waals surface area contributed by atoms with Crippen LogP contribution >= 0.6 is 0 Å². The molecule has 0 N–H and O–H groups in total. The zero-order chi connectivity index (χ0) is 40.7. The molecule has 61 heavy (non-hydrogen) atoms. The molecule has 0 bridgehead atoms. The fourth-order valence-corrected chi connectivity index (χ4v) is 10.5. The zero-order valence-electron chi connectivity index (χ0n) is 34.0. The minimum atomic E-state index is -0.463. The quantitative estimate of drug-likeness (QED) is 0.168. The summed E-state index contributed by atoms with van der Waals surface area (Å²) in [7, 11) is 0. The summed E-state index contributed by atoms with van der Waals surface area (Å²) in [4.78, 5) is 10.7. The molecule has 0 unspecified atom stereocenters. The topological polar surface area (TPSA) is 25.8 Å². The predicted octanol–water partition coefficient (Wildman–Crippen LogP) is 14.9. The van der Waals surface area contributed by atoms with Crippen molar-refractivity contribution in [3.8, 4) is 78.3 Å². The molecule has 1 heterocycles. The van der Waals surface area contributed by atoms with Crippen molar-refractivity contribution < 1.29 is 0 Å². The number of fused-ring (bicyclic) bond motifs is 6. The number of nitrogens with zero attached hydrogens (tertiary/aromatic N) is 2. The molecule has 2 aliphatic rings. The number of benzene rings is 9. The highest BCUT2D eigenvalue weighted by Gasteiger charge is 2.47. The van der Waals surface area contributed by atoms with Crippen LogP contribution in [0.5, 0.6) is 0 Å². The van der Waals surface area contributed by atoms with Crippen LogP contribution in [0.3, 0.4) is 0 Å². The summed E-state index contributed by atoms with van der Waals surface area (Å²) in [6, 6.07) is 73.1. The molecule has 0 spiro atoms. The van der Waals surface area contributed by atoms with Crippen LogP contribution in [-0.4, -0.2) is 9.97 Å². The third kappa shape index (κ3) is 5.22. The Labute approximate surface area is 356 Å². The fraction of sp³-hybridized carbons (Fsp3) is 0.0508. The van der Waals surface area contributed by atoms with Gasteiger partial charge in [-0.1, -0.05) is 194 Å². The first-order valence-electron chi connectivity index (χ1n) is 21.2. The minimum absolute atomic E-state index is 0.463. The van der Waals surface area contributed by atoms with E-state index in [1.165, 1.54) is 83.1 Å². The monoisotopic (exact) mass is 776 g/mol. The summed E-state index contributed by atoms with van der Waals surface area (Å²) in [5.74, 6) is 0. The molecule has 0 amide bonds. The zero-order valence-corrected chi connectivity index (χ0v) is 34.0. The van der Waals surface area contributed by atoms with Gasteiger partial charge in [-0.15, -0.1) is 0 Å². The average molecular weight is 777 g/mol. The molecule has 0 aliphatic heterocycles. The summed E-state index contributed by atoms with van der Waals surface area (Å²) >= 11 is 0. The third-order valence-corrected chi connectivity index (χ3v) is 13.3. The van der Waals surface area contributed by atoms with Crippen LogP contribution in [0.2, 0.25) is 0 Å². The van der Waals surface area contributed by atoms with E-state index in [-0.39, 0.29) is 0 Å². The Morgan fingerprint density at radius 1 is 0.344 bits per heavy atom. The lowest BCUT2D eigenvalue weighted by Crippen LogP contribution is -2.30. The molecule has 0 fully saturated rings. The normalized spacial score (nSPS) is 12.9. The molecule has 0 saturated heterocycles. The van der Waals surface area contributed by atoms with Crippen molar-refractivity contribution >= 4 is 10.8 Å². The van der Waals surface area contributed by atoms with E-state index in [0.717, 1.165) is 39.3 Å². The smallest absolute Gasteiger partial charge is 0.0972 e. The van der Waals surface area contributed by atoms with E-state index in [2.05, 4.69) is 214 Å². The molecular formula is C59H40N2. The molecule has 2 nitrogen and oxygen atoms in total. The Hall–Kier alpha value is -7.68. The first-order valence-corrected chi connectivity index (χ1v) is 21.2. The van der Waals surface area contributed by atoms with Crippen molar-refractivity contribution in [2.45, 2.75) is 19.3 Å². The van der Waals surface area contributed by atoms with E-state index in [9.17, 15) is 0 Å². The van der Waals surface area contributed by atoms with Crippen molar-refractivity contribution in [3.63, 3.8) is 0 Å². The van der Waals surface area contributed by atoms with Crippen molar-refractivity contribution in [2.24, 2.45) is 0 Å². The summed E-state index contributed by atoms with van der Waals surface area (Å²) in [6.45, 7) is 4.52. The molecule has 0 saturated carbocycles. The molecule has 2 heteroatoms. The van der Waals surface area contributed by atoms with Crippen LogP contribution in [0.25, 0.3) is 89.1 Å². The number of hydrogen-bond donors (Lipinski definition) is 0. The Morgan fingerprint density at radius 2 is 0.869 bits per heavy atom. The average Bonchev–Trinajstić information content (AvgIpc) is 3.81. The highest BCUT2D eigenvalue weighted by atomic mass is 14.8. The van der Waals surface area contributed by atoms with Crippen molar-refractivity contribution in [2.75, 3.05) is 0 Å². The maximum absolute atomic E-state index is 5.43. The van der Waals surface area contributed by atoms with Gasteiger partial charge in [0.05, 0.1) is 28.7 Å². The number of hydrogen-bond acceptors (Lipinski definition) is 2. The van der Waals surface area contributed by atoms with E-state index in [4.69, 9.17) is 9.97 Å². The second kappa shape index (κ2) is 13.7. The molecule has 2 aliphatic carbocycles. The Balaban J connectivity index is 0.976. The van der Waals surface area contributed by atoms with E-state index >= 15 is 0 Å². The molecule has 10 aromatic rings. The Kier molecular flexibility index (Phi) is 7.92. The highest BCUT2D eigenvalue weighted by molar-refractivity contribution is 6.18. The number of aryl methyl sites for hydroxylation is 2. The molecule has 9 aromatic carbocycles. The molecule has 12 rings (SSSR count). The lowest BCUT2D eigenvalue weighted by atomic mass is 9.65. The van der Waals surface area contributed by atoms with Crippen LogP contribution in [0.1, 0.15) is 33.4 Å². The first kappa shape index (κ1) is 35.3. The second-order valence-electron chi connectivity index (χ2n) is 16.5. The van der Waals surface area contributed by atoms with Crippen molar-refractivity contribution in [1.82, 2.24) is 9.97 Å². The lowest BCUT2D eigenvalue weighted by molar-refractivity contribution is 0.754. The van der Waals surface area contributed by atoms with E-state index in [0.29, 0.717) is 0 Å². The summed E-state index contributed by atoms with van der Waals surface area (Å²) in [5, 5.41) is 2.48. The molecule has 1 aromatic heterocycles. The van der Waals surface area contributed by atoms with Crippen molar-refractivity contribution in [3.05, 3.63) is 240 Å². The third-order valence-electron chi connectivity index (χ3n) is 13.3. The van der Waals surface area contributed by atoms with E-state index < -0.39 is 5.41 Å². The van der Waals surface area contributed by atoms with Crippen LogP contribution in [0.4, 0.5) is 0 Å². The maximum atomic E-state index is 5.43. The fourth-order valence-electron chi connectivity index (χ4n) is 10.5. The minimum Gasteiger partial charge on any atom is -0.252 e. The van der Waals surface area contributed by atoms with Gasteiger partial charge in [-0.3, -0.25) is 4.98 Å². The van der Waals surface area contributed by atoms with Crippen LogP contribution in [0, 0.1) is 13.8 Å². The van der Waals surface area contributed by atoms with Gasteiger partial charge in [0.25, 0.3) is 0 Å². The van der Waals surface area contributed by atoms with Gasteiger partial charge in [-0.05, 0) is 109 Å². The molecule has 286 valence electrons. The predicted molar refractivity (Wildman–Crippen MR) is 252 cm³/mol. The molecule has 0 radical (unpaired) electrons. The lowest BCUT2D eigenvalue weighted by Gasteiger charge is -2.36. The van der Waals surface area contributed by atoms with Gasteiger partial charge in [0.15, 0.2) is 0 Å². The maximum Gasteiger partial charge on any atom is 0.0972 e. The van der Waals surface area contributed by atoms with Gasteiger partial charge in [0, 0.05) is 16.7 Å². The summed E-state index contributed by atoms with van der Waals surface area (Å²) in [6.07, 6.45) is 1.95. The van der Waals surface area contributed by atoms with Crippen LogP contribution in [-0.2, 0) is 5.41 Å². The van der Waals surface area contributed by atoms with Crippen LogP contribution < -0.4 is 0 Å². The largest absolute Gasteiger partial charge is 0.252 e. The van der Waals surface area contributed by atoms with Gasteiger partial charge in [0.2, 0.25) is 0 Å². The van der Waals surface area contributed by atoms with E-state index in [1.54, 1.807) is 0 Å². The SMILES string of the molecule is Cc1ccccc1C1(c2cc(-c3ccc(-c4ncc(-c5ccc6c7c(cccc57)-c5ccccc5-6)nc4-c4ccccc4)cc3)ccc2C)c2ccccc2-c2ccccc21. The highest BCUT2D eigenvalue weighted by Crippen LogP contribution is 2.57. The first-order chi connectivity index (χ1) is 30.1. The van der Waals surface area contributed by atoms with Crippen LogP contribution in [0.15, 0.2) is 206 Å².